The van der Waals surface area contributed by atoms with Gasteiger partial charge in [0.2, 0.25) is 0 Å². The van der Waals surface area contributed by atoms with E-state index in [1.807, 2.05) is 0 Å². The first-order valence-electron chi connectivity index (χ1n) is 58.0. The van der Waals surface area contributed by atoms with Crippen LogP contribution in [0.25, 0.3) is 11.1 Å². The van der Waals surface area contributed by atoms with Crippen molar-refractivity contribution in [2.75, 3.05) is 19.6 Å². The van der Waals surface area contributed by atoms with Crippen LogP contribution in [0.2, 0.25) is 0 Å². The summed E-state index contributed by atoms with van der Waals surface area (Å²) in [5, 5.41) is 0. The van der Waals surface area contributed by atoms with Gasteiger partial charge in [-0.1, -0.05) is 388 Å². The van der Waals surface area contributed by atoms with E-state index in [-0.39, 0.29) is 37.9 Å². The number of fused-ring (bicyclic) bond motifs is 3. The smallest absolute Gasteiger partial charge is 0.0520 e. The summed E-state index contributed by atoms with van der Waals surface area (Å²) in [4.78, 5) is 10.2. The van der Waals surface area contributed by atoms with Crippen molar-refractivity contribution in [2.24, 2.45) is 0 Å². The van der Waals surface area contributed by atoms with Gasteiger partial charge in [0.25, 0.3) is 0 Å². The largest absolute Gasteiger partial charge is 0.310 e. The third-order valence-electron chi connectivity index (χ3n) is 33.1. The zero-order valence-electron chi connectivity index (χ0n) is 99.0. The van der Waals surface area contributed by atoms with E-state index < -0.39 is 0 Å². The molecular weight excluding hydrogens is 1770 g/mol. The van der Waals surface area contributed by atoms with Crippen molar-refractivity contribution in [3.63, 3.8) is 0 Å². The Bertz CT molecular complexity index is 5780. The second kappa shape index (κ2) is 48.4. The number of rotatable bonds is 44. The van der Waals surface area contributed by atoms with Crippen LogP contribution in [0.3, 0.4) is 0 Å². The summed E-state index contributed by atoms with van der Waals surface area (Å²) in [5.41, 5.74) is 54.1. The number of hydrogen-bond donors (Lipinski definition) is 0. The molecule has 12 aromatic carbocycles. The molecule has 0 fully saturated rings. The Balaban J connectivity index is 0.658. The molecule has 4 nitrogen and oxygen atoms in total. The van der Waals surface area contributed by atoms with Crippen molar-refractivity contribution < 1.29 is 0 Å². The highest BCUT2D eigenvalue weighted by atomic mass is 15.2. The van der Waals surface area contributed by atoms with Crippen LogP contribution in [0.5, 0.6) is 0 Å². The highest BCUT2D eigenvalue weighted by molar-refractivity contribution is 5.90. The maximum absolute atomic E-state index is 2.80. The SMILES string of the molecule is CCCCCCCCC1(CCCCCCCC)c2cc(CCCCCCCCc3ccc(N(c4ccc(N(c5c(C)cc(C(C)(C)C)cc5C)c5c(C)cc(C(C)(C)C)cc5C)cc4)c4c(C)cc(C(C)(C)C)cc4C)cc3)c(C)cc2-c2cc(C)c(CCCCCCCCc3ccc(N(c4ccc(N(c5c(C)cc(C(C)(C)C)cc5C)c5c(C)cc(C(C)(C)C)cc5C)cc4)c4c(C)cc(C(C)(C)C)cc4C)cc3)cc21. The highest BCUT2D eigenvalue weighted by Crippen LogP contribution is 2.58. The summed E-state index contributed by atoms with van der Waals surface area (Å²) in [6.07, 6.45) is 38.4. The molecule has 786 valence electrons. The summed E-state index contributed by atoms with van der Waals surface area (Å²) in [7, 11) is 0. The predicted octanol–water partition coefficient (Wildman–Crippen LogP) is 43.7. The van der Waals surface area contributed by atoms with Crippen LogP contribution in [0.1, 0.15) is 450 Å². The first-order chi connectivity index (χ1) is 69.4. The second-order valence-corrected chi connectivity index (χ2v) is 52.0. The van der Waals surface area contributed by atoms with Gasteiger partial charge in [0.05, 0.1) is 34.1 Å². The maximum Gasteiger partial charge on any atom is 0.0520 e. The van der Waals surface area contributed by atoms with Gasteiger partial charge in [-0.05, 0) is 422 Å². The van der Waals surface area contributed by atoms with Gasteiger partial charge in [-0.25, -0.2) is 0 Å². The molecule has 0 amide bonds. The Morgan fingerprint density at radius 1 is 0.184 bits per heavy atom. The van der Waals surface area contributed by atoms with Crippen molar-refractivity contribution in [2.45, 2.75) is 466 Å². The lowest BCUT2D eigenvalue weighted by Crippen LogP contribution is -2.26. The molecule has 0 radical (unpaired) electrons. The quantitative estimate of drug-likeness (QED) is 0.0353. The predicted molar refractivity (Wildman–Crippen MR) is 649 cm³/mol. The van der Waals surface area contributed by atoms with Crippen molar-refractivity contribution in [1.82, 2.24) is 0 Å². The van der Waals surface area contributed by atoms with Gasteiger partial charge >= 0.3 is 0 Å². The molecule has 0 aliphatic heterocycles. The lowest BCUT2D eigenvalue weighted by molar-refractivity contribution is 0.397. The molecule has 0 saturated carbocycles. The topological polar surface area (TPSA) is 13.0 Å². The zero-order valence-corrected chi connectivity index (χ0v) is 99.0. The number of nitrogens with zero attached hydrogens (tertiary/aromatic N) is 4. The van der Waals surface area contributed by atoms with Gasteiger partial charge in [-0.2, -0.15) is 0 Å². The molecule has 0 saturated heterocycles. The van der Waals surface area contributed by atoms with Gasteiger partial charge in [-0.15, -0.1) is 0 Å². The fourth-order valence-corrected chi connectivity index (χ4v) is 24.3. The van der Waals surface area contributed by atoms with E-state index >= 15 is 0 Å². The van der Waals surface area contributed by atoms with Crippen LogP contribution in [0, 0.1) is 96.9 Å². The van der Waals surface area contributed by atoms with Crippen LogP contribution in [-0.4, -0.2) is 0 Å². The Morgan fingerprint density at radius 3 is 0.571 bits per heavy atom. The average molecular weight is 1970 g/mol. The Kier molecular flexibility index (Phi) is 37.5. The van der Waals surface area contributed by atoms with E-state index in [4.69, 9.17) is 0 Å². The minimum absolute atomic E-state index is 0.0340. The van der Waals surface area contributed by atoms with Gasteiger partial charge < -0.3 is 19.6 Å². The van der Waals surface area contributed by atoms with Crippen LogP contribution in [0.15, 0.2) is 194 Å². The van der Waals surface area contributed by atoms with E-state index in [0.29, 0.717) is 0 Å². The number of benzene rings is 12. The molecule has 1 aliphatic carbocycles. The van der Waals surface area contributed by atoms with E-state index in [1.54, 1.807) is 33.4 Å². The van der Waals surface area contributed by atoms with Crippen molar-refractivity contribution in [3.05, 3.63) is 339 Å². The summed E-state index contributed by atoms with van der Waals surface area (Å²) in [5.74, 6) is 0. The van der Waals surface area contributed by atoms with Crippen molar-refractivity contribution in [3.8, 4) is 11.1 Å². The Morgan fingerprint density at radius 2 is 0.361 bits per heavy atom. The minimum Gasteiger partial charge on any atom is -0.310 e. The molecule has 147 heavy (non-hydrogen) atoms. The third kappa shape index (κ3) is 27.4. The molecule has 0 heterocycles. The molecule has 12 aromatic rings. The van der Waals surface area contributed by atoms with Gasteiger partial charge in [0.1, 0.15) is 0 Å². The van der Waals surface area contributed by atoms with Gasteiger partial charge in [0.15, 0.2) is 0 Å². The van der Waals surface area contributed by atoms with E-state index in [1.165, 1.54) is 348 Å². The number of anilines is 12. The molecule has 1 aliphatic rings. The number of aryl methyl sites for hydroxylation is 18. The molecule has 0 N–H and O–H groups in total. The molecule has 0 atom stereocenters. The highest BCUT2D eigenvalue weighted by Gasteiger charge is 2.44. The minimum atomic E-state index is 0.0340. The summed E-state index contributed by atoms with van der Waals surface area (Å²) in [6, 6.07) is 78.4. The fourth-order valence-electron chi connectivity index (χ4n) is 24.3. The third-order valence-corrected chi connectivity index (χ3v) is 33.1. The van der Waals surface area contributed by atoms with Crippen LogP contribution < -0.4 is 19.6 Å². The van der Waals surface area contributed by atoms with E-state index in [9.17, 15) is 0 Å². The lowest BCUT2D eigenvalue weighted by atomic mass is 9.69. The molecular formula is C143H194N4. The van der Waals surface area contributed by atoms with E-state index in [2.05, 4.69) is 449 Å². The van der Waals surface area contributed by atoms with Gasteiger partial charge in [-0.3, -0.25) is 0 Å². The van der Waals surface area contributed by atoms with E-state index in [0.717, 1.165) is 35.6 Å². The van der Waals surface area contributed by atoms with Crippen LogP contribution in [-0.2, 0) is 63.6 Å². The maximum atomic E-state index is 2.80. The first-order valence-corrected chi connectivity index (χ1v) is 58.0. The first kappa shape index (κ1) is 114. The molecule has 13 rings (SSSR count). The second-order valence-electron chi connectivity index (χ2n) is 52.0. The summed E-state index contributed by atoms with van der Waals surface area (Å²) in [6.45, 7) is 79.4. The number of hydrogen-bond acceptors (Lipinski definition) is 4. The standard InChI is InChI=1S/C143H194N4/c1-35-37-39-41-51-57-79-143(80-58-52-42-40-38-36-2)129-95-113(61-55-49-45-43-47-53-59-111-63-67-121(68-64-111)144(131-99(5)81-115(82-100(131)6)137(17,18)19)123-71-75-125(76-72-123)146(133-103(9)85-117(86-104(133)10)139(23,24)25)134-105(11)87-118(88-106(134)12)140(26,27)28)97(3)93-127(129)128-94-98(4)114(96-130(128)143)62-56-50-46-44-48-54-60-112-65-69-122(70-66-112)145(132-101(7)83-116(84-102(132)8)138(20,21)22)124-73-77-126(78-74-124)147(135-107(13)89-119(90-108(135)14)141(29,30)31)136-109(15)91-120(92-110(136)16)142(32,33)34/h63-78,81-96H,35-62,79-80H2,1-34H3. The summed E-state index contributed by atoms with van der Waals surface area (Å²) < 4.78 is 0. The molecule has 0 spiro atoms. The van der Waals surface area contributed by atoms with Crippen molar-refractivity contribution in [1.29, 1.82) is 0 Å². The lowest BCUT2D eigenvalue weighted by Gasteiger charge is -2.34. The number of unbranched alkanes of at least 4 members (excludes halogenated alkanes) is 20. The fraction of sp³-hybridized carbons (Fsp3) is 0.497. The normalized spacial score (nSPS) is 12.9. The van der Waals surface area contributed by atoms with Crippen molar-refractivity contribution >= 4 is 68.2 Å². The molecule has 0 aromatic heterocycles. The summed E-state index contributed by atoms with van der Waals surface area (Å²) >= 11 is 0. The Labute approximate surface area is 897 Å². The monoisotopic (exact) mass is 1970 g/mol. The zero-order chi connectivity index (χ0) is 107. The van der Waals surface area contributed by atoms with Crippen LogP contribution in [0.4, 0.5) is 68.2 Å². The average Bonchev–Trinajstić information content (AvgIpc) is 1.55. The van der Waals surface area contributed by atoms with Gasteiger partial charge in [0, 0.05) is 39.5 Å². The molecule has 0 unspecified atom stereocenters. The Hall–Kier alpha value is -10.2. The molecule has 0 bridgehead atoms. The van der Waals surface area contributed by atoms with Crippen LogP contribution >= 0.6 is 0 Å². The molecule has 4 heteroatoms.